The van der Waals surface area contributed by atoms with E-state index in [4.69, 9.17) is 5.10 Å². The Bertz CT molecular complexity index is 811. The molecule has 0 aliphatic heterocycles. The monoisotopic (exact) mass is 349 g/mol. The molecule has 0 spiro atoms. The minimum atomic E-state index is 0.616. The molecule has 0 saturated heterocycles. The van der Waals surface area contributed by atoms with Crippen LogP contribution in [0.5, 0.6) is 0 Å². The molecular weight excluding hydrogens is 322 g/mol. The molecule has 5 nitrogen and oxygen atoms in total. The first kappa shape index (κ1) is 17.0. The van der Waals surface area contributed by atoms with E-state index in [0.717, 1.165) is 25.3 Å². The quantitative estimate of drug-likeness (QED) is 0.705. The highest BCUT2D eigenvalue weighted by atomic mass is 15.3. The Balaban J connectivity index is 1.29. The molecule has 0 unspecified atom stereocenters. The molecule has 0 amide bonds. The summed E-state index contributed by atoms with van der Waals surface area (Å²) in [4.78, 5) is 0. The number of nitrogens with zero attached hydrogens (tertiary/aromatic N) is 4. The first-order valence-electron chi connectivity index (χ1n) is 9.58. The number of aryl methyl sites for hydroxylation is 1. The molecule has 4 rings (SSSR count). The van der Waals surface area contributed by atoms with Crippen LogP contribution in [0, 0.1) is 6.92 Å². The highest BCUT2D eigenvalue weighted by Gasteiger charge is 2.18. The molecule has 1 aliphatic rings. The van der Waals surface area contributed by atoms with Crippen molar-refractivity contribution in [1.29, 1.82) is 0 Å². The third-order valence-electron chi connectivity index (χ3n) is 5.29. The van der Waals surface area contributed by atoms with Crippen molar-refractivity contribution in [3.8, 4) is 0 Å². The van der Waals surface area contributed by atoms with Gasteiger partial charge < -0.3 is 5.32 Å². The average Bonchev–Trinajstić information content (AvgIpc) is 3.39. The Morgan fingerprint density at radius 2 is 1.85 bits per heavy atom. The zero-order valence-corrected chi connectivity index (χ0v) is 15.4. The Morgan fingerprint density at radius 1 is 1.08 bits per heavy atom. The molecular formula is C21H27N5. The van der Waals surface area contributed by atoms with E-state index in [1.165, 1.54) is 42.4 Å². The molecule has 3 aromatic rings. The lowest BCUT2D eigenvalue weighted by Crippen LogP contribution is -2.13. The molecule has 5 heteroatoms. The highest BCUT2D eigenvalue weighted by molar-refractivity contribution is 5.23. The maximum atomic E-state index is 4.73. The van der Waals surface area contributed by atoms with Gasteiger partial charge in [0.2, 0.25) is 0 Å². The Hall–Kier alpha value is -2.40. The number of hydrogen-bond donors (Lipinski definition) is 1. The molecule has 1 N–H and O–H groups in total. The highest BCUT2D eigenvalue weighted by Crippen LogP contribution is 2.29. The smallest absolute Gasteiger partial charge is 0.0659 e. The van der Waals surface area contributed by atoms with Crippen LogP contribution in [-0.2, 0) is 19.6 Å². The standard InChI is InChI=1S/C21H27N5/c1-17-20(16-26(24-17)21-5-2-3-6-21)14-22-13-18-7-9-19(10-8-18)15-25-12-4-11-23-25/h4,7-12,16,21-22H,2-3,5-6,13-15H2,1H3. The Morgan fingerprint density at radius 3 is 2.58 bits per heavy atom. The molecule has 0 bridgehead atoms. The van der Waals surface area contributed by atoms with Crippen molar-refractivity contribution in [1.82, 2.24) is 24.9 Å². The maximum absolute atomic E-state index is 4.73. The Kier molecular flexibility index (Phi) is 5.16. The molecule has 1 fully saturated rings. The van der Waals surface area contributed by atoms with E-state index in [1.54, 1.807) is 0 Å². The second kappa shape index (κ2) is 7.87. The molecule has 1 aromatic carbocycles. The summed E-state index contributed by atoms with van der Waals surface area (Å²) in [6.07, 6.45) is 11.3. The van der Waals surface area contributed by atoms with Crippen LogP contribution in [0.1, 0.15) is 54.1 Å². The molecule has 136 valence electrons. The molecule has 0 atom stereocenters. The van der Waals surface area contributed by atoms with Crippen molar-refractivity contribution in [2.45, 2.75) is 58.3 Å². The summed E-state index contributed by atoms with van der Waals surface area (Å²) in [6.45, 7) is 4.68. The largest absolute Gasteiger partial charge is 0.308 e. The van der Waals surface area contributed by atoms with Gasteiger partial charge in [-0.1, -0.05) is 37.1 Å². The number of rotatable bonds is 7. The van der Waals surface area contributed by atoms with Gasteiger partial charge in [0.15, 0.2) is 0 Å². The van der Waals surface area contributed by atoms with E-state index in [1.807, 2.05) is 23.1 Å². The average molecular weight is 349 g/mol. The number of nitrogens with one attached hydrogen (secondary N) is 1. The van der Waals surface area contributed by atoms with E-state index >= 15 is 0 Å². The molecule has 2 heterocycles. The maximum Gasteiger partial charge on any atom is 0.0659 e. The lowest BCUT2D eigenvalue weighted by Gasteiger charge is -2.08. The topological polar surface area (TPSA) is 47.7 Å². The summed E-state index contributed by atoms with van der Waals surface area (Å²) in [5.41, 5.74) is 5.03. The predicted molar refractivity (Wildman–Crippen MR) is 103 cm³/mol. The second-order valence-electron chi connectivity index (χ2n) is 7.28. The van der Waals surface area contributed by atoms with E-state index in [2.05, 4.69) is 52.5 Å². The number of aromatic nitrogens is 4. The third-order valence-corrected chi connectivity index (χ3v) is 5.29. The first-order valence-corrected chi connectivity index (χ1v) is 9.58. The fourth-order valence-corrected chi connectivity index (χ4v) is 3.73. The van der Waals surface area contributed by atoms with Crippen molar-refractivity contribution in [3.63, 3.8) is 0 Å². The van der Waals surface area contributed by atoms with Gasteiger partial charge in [0.25, 0.3) is 0 Å². The van der Waals surface area contributed by atoms with E-state index in [-0.39, 0.29) is 0 Å². The van der Waals surface area contributed by atoms with Gasteiger partial charge >= 0.3 is 0 Å². The van der Waals surface area contributed by atoms with Crippen LogP contribution in [0.25, 0.3) is 0 Å². The summed E-state index contributed by atoms with van der Waals surface area (Å²) < 4.78 is 4.14. The minimum Gasteiger partial charge on any atom is -0.308 e. The van der Waals surface area contributed by atoms with Crippen LogP contribution in [0.15, 0.2) is 48.9 Å². The van der Waals surface area contributed by atoms with Crippen LogP contribution >= 0.6 is 0 Å². The Labute approximate surface area is 155 Å². The first-order chi connectivity index (χ1) is 12.8. The van der Waals surface area contributed by atoms with E-state index in [0.29, 0.717) is 6.04 Å². The van der Waals surface area contributed by atoms with Gasteiger partial charge in [0.1, 0.15) is 0 Å². The summed E-state index contributed by atoms with van der Waals surface area (Å²) in [6, 6.07) is 11.3. The summed E-state index contributed by atoms with van der Waals surface area (Å²) in [5, 5.41) is 12.5. The van der Waals surface area contributed by atoms with Crippen LogP contribution in [0.4, 0.5) is 0 Å². The van der Waals surface area contributed by atoms with E-state index in [9.17, 15) is 0 Å². The molecule has 0 radical (unpaired) electrons. The molecule has 2 aromatic heterocycles. The van der Waals surface area contributed by atoms with Gasteiger partial charge in [-0.05, 0) is 37.0 Å². The van der Waals surface area contributed by atoms with Gasteiger partial charge in [0.05, 0.1) is 18.3 Å². The lowest BCUT2D eigenvalue weighted by molar-refractivity contribution is 0.464. The van der Waals surface area contributed by atoms with Crippen molar-refractivity contribution in [2.24, 2.45) is 0 Å². The van der Waals surface area contributed by atoms with Crippen molar-refractivity contribution in [2.75, 3.05) is 0 Å². The summed E-state index contributed by atoms with van der Waals surface area (Å²) in [5.74, 6) is 0. The van der Waals surface area contributed by atoms with Gasteiger partial charge in [-0.15, -0.1) is 0 Å². The lowest BCUT2D eigenvalue weighted by atomic mass is 10.1. The van der Waals surface area contributed by atoms with Crippen molar-refractivity contribution >= 4 is 0 Å². The zero-order chi connectivity index (χ0) is 17.8. The number of hydrogen-bond acceptors (Lipinski definition) is 3. The molecule has 1 aliphatic carbocycles. The van der Waals surface area contributed by atoms with Crippen molar-refractivity contribution < 1.29 is 0 Å². The third kappa shape index (κ3) is 4.05. The van der Waals surface area contributed by atoms with Crippen LogP contribution < -0.4 is 5.32 Å². The minimum absolute atomic E-state index is 0.616. The van der Waals surface area contributed by atoms with Gasteiger partial charge in [0, 0.05) is 37.2 Å². The zero-order valence-electron chi connectivity index (χ0n) is 15.4. The van der Waals surface area contributed by atoms with Gasteiger partial charge in [-0.3, -0.25) is 9.36 Å². The fourth-order valence-electron chi connectivity index (χ4n) is 3.73. The summed E-state index contributed by atoms with van der Waals surface area (Å²) in [7, 11) is 0. The van der Waals surface area contributed by atoms with Crippen LogP contribution in [-0.4, -0.2) is 19.6 Å². The number of benzene rings is 1. The van der Waals surface area contributed by atoms with Crippen molar-refractivity contribution in [3.05, 3.63) is 71.3 Å². The van der Waals surface area contributed by atoms with Gasteiger partial charge in [-0.2, -0.15) is 10.2 Å². The SMILES string of the molecule is Cc1nn(C2CCCC2)cc1CNCc1ccc(Cn2cccn2)cc1. The fraction of sp³-hybridized carbons (Fsp3) is 0.429. The normalized spacial score (nSPS) is 15.0. The van der Waals surface area contributed by atoms with Gasteiger partial charge in [-0.25, -0.2) is 0 Å². The summed E-state index contributed by atoms with van der Waals surface area (Å²) >= 11 is 0. The molecule has 1 saturated carbocycles. The van der Waals surface area contributed by atoms with E-state index < -0.39 is 0 Å². The van der Waals surface area contributed by atoms with Crippen LogP contribution in [0.2, 0.25) is 0 Å². The van der Waals surface area contributed by atoms with Crippen LogP contribution in [0.3, 0.4) is 0 Å². The molecule has 26 heavy (non-hydrogen) atoms. The second-order valence-corrected chi connectivity index (χ2v) is 7.28. The predicted octanol–water partition coefficient (Wildman–Crippen LogP) is 3.84.